The van der Waals surface area contributed by atoms with E-state index in [1.807, 2.05) is 13.8 Å². The van der Waals surface area contributed by atoms with Gasteiger partial charge in [-0.3, -0.25) is 4.79 Å². The fourth-order valence-corrected chi connectivity index (χ4v) is 2.51. The highest BCUT2D eigenvalue weighted by atomic mass is 32.2. The Balaban J connectivity index is 2.75. The molecule has 0 bridgehead atoms. The molecule has 0 saturated heterocycles. The Morgan fingerprint density at radius 2 is 1.80 bits per heavy atom. The molecule has 0 saturated carbocycles. The topological polar surface area (TPSA) is 66.5 Å². The van der Waals surface area contributed by atoms with Gasteiger partial charge in [-0.15, -0.1) is 0 Å². The van der Waals surface area contributed by atoms with Crippen LogP contribution in [-0.4, -0.2) is 38.8 Å². The molecule has 1 N–H and O–H groups in total. The van der Waals surface area contributed by atoms with Gasteiger partial charge in [0, 0.05) is 20.1 Å². The van der Waals surface area contributed by atoms with Crippen LogP contribution in [0, 0.1) is 0 Å². The highest BCUT2D eigenvalue weighted by molar-refractivity contribution is 7.89. The van der Waals surface area contributed by atoms with Crippen LogP contribution in [0.3, 0.4) is 0 Å². The van der Waals surface area contributed by atoms with E-state index in [2.05, 4.69) is 5.32 Å². The van der Waals surface area contributed by atoms with Crippen molar-refractivity contribution >= 4 is 15.9 Å². The molecule has 0 aliphatic rings. The third kappa shape index (κ3) is 4.31. The Kier molecular flexibility index (Phi) is 5.71. The van der Waals surface area contributed by atoms with Gasteiger partial charge in [-0.2, -0.15) is 0 Å². The highest BCUT2D eigenvalue weighted by Crippen LogP contribution is 2.14. The van der Waals surface area contributed by atoms with Crippen molar-refractivity contribution in [3.63, 3.8) is 0 Å². The van der Waals surface area contributed by atoms with Crippen LogP contribution in [-0.2, 0) is 21.2 Å². The SMILES string of the molecule is CCC(C)NC(=O)Cc1ccc(S(=O)(=O)N(C)C)cc1. The second-order valence-corrected chi connectivity index (χ2v) is 7.14. The summed E-state index contributed by atoms with van der Waals surface area (Å²) in [5.74, 6) is -0.0532. The van der Waals surface area contributed by atoms with Crippen LogP contribution in [0.2, 0.25) is 0 Å². The number of hydrogen-bond acceptors (Lipinski definition) is 3. The van der Waals surface area contributed by atoms with Gasteiger partial charge in [0.1, 0.15) is 0 Å². The molecular formula is C14H22N2O3S. The number of hydrogen-bond donors (Lipinski definition) is 1. The summed E-state index contributed by atoms with van der Waals surface area (Å²) in [5.41, 5.74) is 0.795. The highest BCUT2D eigenvalue weighted by Gasteiger charge is 2.16. The zero-order valence-electron chi connectivity index (χ0n) is 12.4. The molecule has 5 nitrogen and oxygen atoms in total. The minimum atomic E-state index is -3.41. The van der Waals surface area contributed by atoms with Crippen LogP contribution in [0.4, 0.5) is 0 Å². The molecule has 0 fully saturated rings. The number of benzene rings is 1. The molecule has 0 aliphatic heterocycles. The number of amides is 1. The number of sulfonamides is 1. The summed E-state index contributed by atoms with van der Waals surface area (Å²) in [5, 5.41) is 2.88. The minimum Gasteiger partial charge on any atom is -0.353 e. The van der Waals surface area contributed by atoms with E-state index in [4.69, 9.17) is 0 Å². The van der Waals surface area contributed by atoms with Gasteiger partial charge in [-0.25, -0.2) is 12.7 Å². The molecule has 0 aliphatic carbocycles. The van der Waals surface area contributed by atoms with Gasteiger partial charge in [0.05, 0.1) is 11.3 Å². The van der Waals surface area contributed by atoms with E-state index in [1.54, 1.807) is 12.1 Å². The molecule has 1 rings (SSSR count). The van der Waals surface area contributed by atoms with Crippen molar-refractivity contribution < 1.29 is 13.2 Å². The third-order valence-corrected chi connectivity index (χ3v) is 4.92. The second-order valence-electron chi connectivity index (χ2n) is 4.98. The Hall–Kier alpha value is -1.40. The van der Waals surface area contributed by atoms with Gasteiger partial charge >= 0.3 is 0 Å². The van der Waals surface area contributed by atoms with E-state index >= 15 is 0 Å². The second kappa shape index (κ2) is 6.85. The molecule has 1 unspecified atom stereocenters. The average Bonchev–Trinajstić information content (AvgIpc) is 2.38. The van der Waals surface area contributed by atoms with E-state index in [9.17, 15) is 13.2 Å². The molecule has 1 atom stereocenters. The summed E-state index contributed by atoms with van der Waals surface area (Å²) < 4.78 is 25.0. The maximum atomic E-state index is 11.9. The van der Waals surface area contributed by atoms with Crippen molar-refractivity contribution in [3.8, 4) is 0 Å². The first kappa shape index (κ1) is 16.7. The van der Waals surface area contributed by atoms with Crippen molar-refractivity contribution in [2.45, 2.75) is 37.6 Å². The molecule has 1 aromatic rings. The van der Waals surface area contributed by atoms with Crippen LogP contribution in [0.15, 0.2) is 29.2 Å². The molecule has 0 spiro atoms. The van der Waals surface area contributed by atoms with Gasteiger partial charge < -0.3 is 5.32 Å². The van der Waals surface area contributed by atoms with Gasteiger partial charge in [0.25, 0.3) is 0 Å². The standard InChI is InChI=1S/C14H22N2O3S/c1-5-11(2)15-14(17)10-12-6-8-13(9-7-12)20(18,19)16(3)4/h6-9,11H,5,10H2,1-4H3,(H,15,17). The van der Waals surface area contributed by atoms with Crippen LogP contribution < -0.4 is 5.32 Å². The number of rotatable bonds is 6. The van der Waals surface area contributed by atoms with Crippen molar-refractivity contribution in [3.05, 3.63) is 29.8 Å². The Morgan fingerprint density at radius 1 is 1.25 bits per heavy atom. The molecule has 0 aromatic heterocycles. The molecule has 1 amide bonds. The maximum Gasteiger partial charge on any atom is 0.242 e. The van der Waals surface area contributed by atoms with Gasteiger partial charge in [0.15, 0.2) is 0 Å². The zero-order chi connectivity index (χ0) is 15.3. The largest absolute Gasteiger partial charge is 0.353 e. The molecule has 0 heterocycles. The third-order valence-electron chi connectivity index (χ3n) is 3.09. The first-order valence-electron chi connectivity index (χ1n) is 6.58. The van der Waals surface area contributed by atoms with Crippen molar-refractivity contribution in [1.29, 1.82) is 0 Å². The molecule has 1 aromatic carbocycles. The summed E-state index contributed by atoms with van der Waals surface area (Å²) in [4.78, 5) is 12.0. The van der Waals surface area contributed by atoms with E-state index in [0.29, 0.717) is 0 Å². The van der Waals surface area contributed by atoms with Crippen molar-refractivity contribution in [2.24, 2.45) is 0 Å². The molecule has 112 valence electrons. The fourth-order valence-electron chi connectivity index (χ4n) is 1.60. The zero-order valence-corrected chi connectivity index (χ0v) is 13.2. The quantitative estimate of drug-likeness (QED) is 0.863. The number of nitrogens with zero attached hydrogens (tertiary/aromatic N) is 1. The smallest absolute Gasteiger partial charge is 0.242 e. The summed E-state index contributed by atoms with van der Waals surface area (Å²) in [6.45, 7) is 3.95. The monoisotopic (exact) mass is 298 g/mol. The van der Waals surface area contributed by atoms with E-state index < -0.39 is 10.0 Å². The Morgan fingerprint density at radius 3 is 2.25 bits per heavy atom. The lowest BCUT2D eigenvalue weighted by Gasteiger charge is -2.13. The molecule has 6 heteroatoms. The van der Waals surface area contributed by atoms with Crippen LogP contribution in [0.25, 0.3) is 0 Å². The first-order valence-corrected chi connectivity index (χ1v) is 8.02. The maximum absolute atomic E-state index is 11.9. The van der Waals surface area contributed by atoms with Gasteiger partial charge in [-0.05, 0) is 31.0 Å². The predicted octanol–water partition coefficient (Wildman–Crippen LogP) is 1.39. The first-order chi connectivity index (χ1) is 9.27. The van der Waals surface area contributed by atoms with Crippen molar-refractivity contribution in [2.75, 3.05) is 14.1 Å². The predicted molar refractivity (Wildman–Crippen MR) is 78.9 cm³/mol. The molecular weight excluding hydrogens is 276 g/mol. The molecule has 20 heavy (non-hydrogen) atoms. The summed E-state index contributed by atoms with van der Waals surface area (Å²) >= 11 is 0. The summed E-state index contributed by atoms with van der Waals surface area (Å²) in [6.07, 6.45) is 1.14. The van der Waals surface area contributed by atoms with Gasteiger partial charge in [0.2, 0.25) is 15.9 Å². The number of carbonyl (C=O) groups is 1. The van der Waals surface area contributed by atoms with Crippen LogP contribution in [0.5, 0.6) is 0 Å². The minimum absolute atomic E-state index is 0.0532. The van der Waals surface area contributed by atoms with E-state index in [0.717, 1.165) is 16.3 Å². The lowest BCUT2D eigenvalue weighted by molar-refractivity contribution is -0.121. The number of nitrogens with one attached hydrogen (secondary N) is 1. The van der Waals surface area contributed by atoms with Crippen LogP contribution >= 0.6 is 0 Å². The van der Waals surface area contributed by atoms with E-state index in [1.165, 1.54) is 26.2 Å². The molecule has 0 radical (unpaired) electrons. The Bertz CT molecular complexity index is 550. The van der Waals surface area contributed by atoms with Crippen LogP contribution in [0.1, 0.15) is 25.8 Å². The van der Waals surface area contributed by atoms with Gasteiger partial charge in [-0.1, -0.05) is 19.1 Å². The average molecular weight is 298 g/mol. The Labute approximate surface area is 121 Å². The normalized spacial score (nSPS) is 13.2. The van der Waals surface area contributed by atoms with E-state index in [-0.39, 0.29) is 23.3 Å². The number of carbonyl (C=O) groups excluding carboxylic acids is 1. The summed E-state index contributed by atoms with van der Waals surface area (Å²) in [7, 11) is -0.434. The lowest BCUT2D eigenvalue weighted by Crippen LogP contribution is -2.33. The lowest BCUT2D eigenvalue weighted by atomic mass is 10.1. The van der Waals surface area contributed by atoms with Crippen molar-refractivity contribution in [1.82, 2.24) is 9.62 Å². The summed E-state index contributed by atoms with van der Waals surface area (Å²) in [6, 6.07) is 6.55. The fraction of sp³-hybridized carbons (Fsp3) is 0.500.